The summed E-state index contributed by atoms with van der Waals surface area (Å²) < 4.78 is 10.0. The Morgan fingerprint density at radius 2 is 1.67 bits per heavy atom. The average Bonchev–Trinajstić information content (AvgIpc) is 2.74. The van der Waals surface area contributed by atoms with E-state index in [1.165, 1.54) is 6.08 Å². The number of aryl methyl sites for hydroxylation is 2. The van der Waals surface area contributed by atoms with Crippen LogP contribution in [0.1, 0.15) is 23.1 Å². The lowest BCUT2D eigenvalue weighted by Gasteiger charge is -2.11. The van der Waals surface area contributed by atoms with Crippen molar-refractivity contribution in [3.8, 4) is 5.75 Å². The first-order chi connectivity index (χ1) is 14.4. The lowest BCUT2D eigenvalue weighted by Crippen LogP contribution is -2.26. The van der Waals surface area contributed by atoms with Crippen molar-refractivity contribution in [3.05, 3.63) is 65.2 Å². The van der Waals surface area contributed by atoms with Crippen molar-refractivity contribution in [1.82, 2.24) is 5.32 Å². The van der Waals surface area contributed by atoms with E-state index in [1.54, 1.807) is 25.3 Å². The SMILES string of the molecule is COc1ccc(/C=C/C(=O)NCCC(=O)OCC(=O)Nc2c(C)cccc2C)cc1. The molecule has 0 bridgehead atoms. The normalized spacial score (nSPS) is 10.5. The molecule has 0 aromatic heterocycles. The van der Waals surface area contributed by atoms with Crippen LogP contribution in [0.4, 0.5) is 5.69 Å². The first-order valence-corrected chi connectivity index (χ1v) is 9.50. The predicted octanol–water partition coefficient (Wildman–Crippen LogP) is 3.01. The van der Waals surface area contributed by atoms with Crippen LogP contribution in [0, 0.1) is 13.8 Å². The Labute approximate surface area is 176 Å². The van der Waals surface area contributed by atoms with Crippen LogP contribution in [0.15, 0.2) is 48.5 Å². The number of benzene rings is 2. The summed E-state index contributed by atoms with van der Waals surface area (Å²) in [5, 5.41) is 5.34. The van der Waals surface area contributed by atoms with Crippen molar-refractivity contribution < 1.29 is 23.9 Å². The molecule has 0 spiro atoms. The van der Waals surface area contributed by atoms with Gasteiger partial charge in [0, 0.05) is 18.3 Å². The molecule has 0 aliphatic rings. The highest BCUT2D eigenvalue weighted by Gasteiger charge is 2.10. The van der Waals surface area contributed by atoms with E-state index in [1.807, 2.05) is 44.2 Å². The topological polar surface area (TPSA) is 93.7 Å². The Balaban J connectivity index is 1.67. The highest BCUT2D eigenvalue weighted by molar-refractivity contribution is 5.94. The first-order valence-electron chi connectivity index (χ1n) is 9.50. The maximum Gasteiger partial charge on any atom is 0.308 e. The van der Waals surface area contributed by atoms with E-state index in [4.69, 9.17) is 9.47 Å². The molecule has 2 N–H and O–H groups in total. The Morgan fingerprint density at radius 3 is 2.30 bits per heavy atom. The summed E-state index contributed by atoms with van der Waals surface area (Å²) in [5.41, 5.74) is 3.43. The van der Waals surface area contributed by atoms with E-state index < -0.39 is 11.9 Å². The molecule has 0 saturated heterocycles. The van der Waals surface area contributed by atoms with E-state index in [0.717, 1.165) is 28.1 Å². The molecule has 2 rings (SSSR count). The summed E-state index contributed by atoms with van der Waals surface area (Å²) in [6.07, 6.45) is 3.01. The van der Waals surface area contributed by atoms with Gasteiger partial charge in [0.1, 0.15) is 5.75 Å². The Bertz CT molecular complexity index is 899. The van der Waals surface area contributed by atoms with Gasteiger partial charge in [-0.2, -0.15) is 0 Å². The molecule has 0 saturated carbocycles. The Morgan fingerprint density at radius 1 is 1.00 bits per heavy atom. The molecular weight excluding hydrogens is 384 g/mol. The van der Waals surface area contributed by atoms with Gasteiger partial charge < -0.3 is 20.1 Å². The van der Waals surface area contributed by atoms with Crippen LogP contribution >= 0.6 is 0 Å². The smallest absolute Gasteiger partial charge is 0.308 e. The van der Waals surface area contributed by atoms with Crippen LogP contribution in [-0.4, -0.2) is 38.0 Å². The van der Waals surface area contributed by atoms with Gasteiger partial charge in [0.2, 0.25) is 5.91 Å². The lowest BCUT2D eigenvalue weighted by molar-refractivity contribution is -0.147. The molecule has 158 valence electrons. The summed E-state index contributed by atoms with van der Waals surface area (Å²) >= 11 is 0. The number of rotatable bonds is 9. The lowest BCUT2D eigenvalue weighted by atomic mass is 10.1. The second kappa shape index (κ2) is 11.4. The monoisotopic (exact) mass is 410 g/mol. The third-order valence-electron chi connectivity index (χ3n) is 4.28. The molecule has 0 aliphatic heterocycles. The third kappa shape index (κ3) is 7.43. The number of nitrogens with one attached hydrogen (secondary N) is 2. The first kappa shape index (κ1) is 22.7. The number of ether oxygens (including phenoxy) is 2. The number of para-hydroxylation sites is 1. The molecule has 0 unspecified atom stereocenters. The molecule has 0 atom stereocenters. The zero-order chi connectivity index (χ0) is 21.9. The average molecular weight is 410 g/mol. The van der Waals surface area contributed by atoms with Crippen molar-refractivity contribution in [1.29, 1.82) is 0 Å². The maximum atomic E-state index is 12.0. The highest BCUT2D eigenvalue weighted by atomic mass is 16.5. The highest BCUT2D eigenvalue weighted by Crippen LogP contribution is 2.19. The number of amides is 2. The molecule has 2 aromatic rings. The van der Waals surface area contributed by atoms with Gasteiger partial charge in [0.05, 0.1) is 13.5 Å². The van der Waals surface area contributed by atoms with Crippen LogP contribution in [0.2, 0.25) is 0 Å². The van der Waals surface area contributed by atoms with Crippen LogP contribution in [0.25, 0.3) is 6.08 Å². The molecule has 2 amide bonds. The summed E-state index contributed by atoms with van der Waals surface area (Å²) in [6, 6.07) is 12.9. The van der Waals surface area contributed by atoms with Gasteiger partial charge >= 0.3 is 5.97 Å². The standard InChI is InChI=1S/C23H26N2O5/c1-16-5-4-6-17(2)23(16)25-21(27)15-30-22(28)13-14-24-20(26)12-9-18-7-10-19(29-3)11-8-18/h4-12H,13-15H2,1-3H3,(H,24,26)(H,25,27)/b12-9+. The van der Waals surface area contributed by atoms with Gasteiger partial charge in [0.15, 0.2) is 6.61 Å². The van der Waals surface area contributed by atoms with Crippen LogP contribution in [0.5, 0.6) is 5.75 Å². The van der Waals surface area contributed by atoms with Crippen molar-refractivity contribution in [2.75, 3.05) is 25.6 Å². The fraction of sp³-hybridized carbons (Fsp3) is 0.261. The number of carbonyl (C=O) groups excluding carboxylic acids is 3. The number of carbonyl (C=O) groups is 3. The molecule has 7 nitrogen and oxygen atoms in total. The van der Waals surface area contributed by atoms with Gasteiger partial charge in [-0.1, -0.05) is 30.3 Å². The minimum Gasteiger partial charge on any atom is -0.497 e. The van der Waals surface area contributed by atoms with Gasteiger partial charge in [-0.25, -0.2) is 0 Å². The molecule has 0 heterocycles. The van der Waals surface area contributed by atoms with Crippen molar-refractivity contribution in [2.45, 2.75) is 20.3 Å². The second-order valence-electron chi connectivity index (χ2n) is 6.62. The Hall–Kier alpha value is -3.61. The van der Waals surface area contributed by atoms with Crippen LogP contribution < -0.4 is 15.4 Å². The van der Waals surface area contributed by atoms with Crippen molar-refractivity contribution >= 4 is 29.5 Å². The molecule has 0 fully saturated rings. The number of anilines is 1. The molecule has 2 aromatic carbocycles. The largest absolute Gasteiger partial charge is 0.497 e. The number of hydrogen-bond donors (Lipinski definition) is 2. The van der Waals surface area contributed by atoms with Gasteiger partial charge in [-0.15, -0.1) is 0 Å². The van der Waals surface area contributed by atoms with E-state index in [9.17, 15) is 14.4 Å². The van der Waals surface area contributed by atoms with Crippen molar-refractivity contribution in [2.24, 2.45) is 0 Å². The van der Waals surface area contributed by atoms with Gasteiger partial charge in [-0.05, 0) is 48.7 Å². The van der Waals surface area contributed by atoms with E-state index in [-0.39, 0.29) is 25.5 Å². The van der Waals surface area contributed by atoms with Gasteiger partial charge in [0.25, 0.3) is 5.91 Å². The fourth-order valence-electron chi connectivity index (χ4n) is 2.64. The minimum atomic E-state index is -0.564. The molecule has 30 heavy (non-hydrogen) atoms. The summed E-state index contributed by atoms with van der Waals surface area (Å²) in [7, 11) is 1.58. The third-order valence-corrected chi connectivity index (χ3v) is 4.28. The Kier molecular flexibility index (Phi) is 8.62. The minimum absolute atomic E-state index is 0.0290. The summed E-state index contributed by atoms with van der Waals surface area (Å²) in [5.74, 6) is -0.567. The number of hydrogen-bond acceptors (Lipinski definition) is 5. The molecule has 0 aliphatic carbocycles. The fourth-order valence-corrected chi connectivity index (χ4v) is 2.64. The van der Waals surface area contributed by atoms with Crippen LogP contribution in [0.3, 0.4) is 0 Å². The van der Waals surface area contributed by atoms with Crippen molar-refractivity contribution in [3.63, 3.8) is 0 Å². The maximum absolute atomic E-state index is 12.0. The number of methoxy groups -OCH3 is 1. The second-order valence-corrected chi connectivity index (χ2v) is 6.62. The predicted molar refractivity (Wildman–Crippen MR) is 115 cm³/mol. The zero-order valence-electron chi connectivity index (χ0n) is 17.4. The van der Waals surface area contributed by atoms with E-state index >= 15 is 0 Å². The summed E-state index contributed by atoms with van der Waals surface area (Å²) in [4.78, 5) is 35.6. The molecule has 0 radical (unpaired) electrons. The molecule has 7 heteroatoms. The quantitative estimate of drug-likeness (QED) is 0.490. The van der Waals surface area contributed by atoms with E-state index in [2.05, 4.69) is 10.6 Å². The van der Waals surface area contributed by atoms with E-state index in [0.29, 0.717) is 0 Å². The van der Waals surface area contributed by atoms with Crippen LogP contribution in [-0.2, 0) is 19.1 Å². The number of esters is 1. The summed E-state index contributed by atoms with van der Waals surface area (Å²) in [6.45, 7) is 3.52. The zero-order valence-corrected chi connectivity index (χ0v) is 17.4. The molecular formula is C23H26N2O5. The van der Waals surface area contributed by atoms with Gasteiger partial charge in [-0.3, -0.25) is 14.4 Å².